The van der Waals surface area contributed by atoms with Crippen molar-refractivity contribution in [3.05, 3.63) is 17.8 Å². The van der Waals surface area contributed by atoms with Gasteiger partial charge in [0.25, 0.3) is 0 Å². The van der Waals surface area contributed by atoms with Gasteiger partial charge in [0.1, 0.15) is 11.9 Å². The van der Waals surface area contributed by atoms with Crippen LogP contribution in [0.2, 0.25) is 0 Å². The third-order valence-corrected chi connectivity index (χ3v) is 3.54. The molecule has 2 rings (SSSR count). The number of carbonyl (C=O) groups is 2. The molecule has 114 valence electrons. The van der Waals surface area contributed by atoms with Crippen LogP contribution in [0.1, 0.15) is 36.5 Å². The molecule has 1 amide bonds. The summed E-state index contributed by atoms with van der Waals surface area (Å²) in [6.45, 7) is 2.67. The molecular weight excluding hydrogens is 272 g/mol. The fraction of sp³-hybridized carbons (Fsp3) is 0.500. The predicted molar refractivity (Wildman–Crippen MR) is 78.8 cm³/mol. The number of pyridine rings is 1. The lowest BCUT2D eigenvalue weighted by Gasteiger charge is -2.34. The molecule has 21 heavy (non-hydrogen) atoms. The summed E-state index contributed by atoms with van der Waals surface area (Å²) in [4.78, 5) is 29.5. The van der Waals surface area contributed by atoms with E-state index in [1.165, 1.54) is 6.20 Å². The van der Waals surface area contributed by atoms with Crippen LogP contribution in [0.3, 0.4) is 0 Å². The minimum Gasteiger partial charge on any atom is -0.462 e. The number of rotatable bonds is 4. The Morgan fingerprint density at radius 3 is 2.90 bits per heavy atom. The van der Waals surface area contributed by atoms with E-state index >= 15 is 0 Å². The first-order valence-corrected chi connectivity index (χ1v) is 7.03. The van der Waals surface area contributed by atoms with E-state index in [0.717, 1.165) is 12.8 Å². The minimum atomic E-state index is -0.494. The van der Waals surface area contributed by atoms with E-state index in [2.05, 4.69) is 4.98 Å². The lowest BCUT2D eigenvalue weighted by atomic mass is 10.0. The van der Waals surface area contributed by atoms with E-state index in [9.17, 15) is 9.59 Å². The molecule has 1 saturated heterocycles. The third kappa shape index (κ3) is 3.24. The number of nitrogen functional groups attached to an aromatic ring is 1. The standard InChI is InChI=1S/C14H20N4O3/c1-2-21-14(20)9-7-12(17-8-10(9)15)18-6-4-3-5-11(18)13(16)19/h7-8,11H,2-6,15H2,1H3,(H2,16,19). The molecule has 4 N–H and O–H groups in total. The van der Waals surface area contributed by atoms with Gasteiger partial charge >= 0.3 is 5.97 Å². The smallest absolute Gasteiger partial charge is 0.340 e. The van der Waals surface area contributed by atoms with E-state index in [4.69, 9.17) is 16.2 Å². The van der Waals surface area contributed by atoms with Gasteiger partial charge < -0.3 is 21.1 Å². The topological polar surface area (TPSA) is 112 Å². The maximum Gasteiger partial charge on any atom is 0.340 e. The summed E-state index contributed by atoms with van der Waals surface area (Å²) in [6, 6.07) is 1.17. The van der Waals surface area contributed by atoms with Gasteiger partial charge in [-0.25, -0.2) is 9.78 Å². The van der Waals surface area contributed by atoms with Gasteiger partial charge in [0.05, 0.1) is 24.1 Å². The van der Waals surface area contributed by atoms with Crippen LogP contribution in [0.5, 0.6) is 0 Å². The summed E-state index contributed by atoms with van der Waals surface area (Å²) >= 11 is 0. The molecule has 0 spiro atoms. The summed E-state index contributed by atoms with van der Waals surface area (Å²) in [5.74, 6) is -0.354. The average Bonchev–Trinajstić information content (AvgIpc) is 2.48. The molecule has 7 heteroatoms. The molecule has 1 aliphatic heterocycles. The van der Waals surface area contributed by atoms with Crippen molar-refractivity contribution < 1.29 is 14.3 Å². The number of esters is 1. The molecule has 1 aliphatic rings. The molecule has 1 unspecified atom stereocenters. The van der Waals surface area contributed by atoms with Gasteiger partial charge in [0.15, 0.2) is 0 Å². The van der Waals surface area contributed by atoms with Crippen LogP contribution in [0.15, 0.2) is 12.3 Å². The van der Waals surface area contributed by atoms with Crippen LogP contribution in [0, 0.1) is 0 Å². The summed E-state index contributed by atoms with van der Waals surface area (Å²) in [5.41, 5.74) is 11.7. The van der Waals surface area contributed by atoms with E-state index < -0.39 is 12.0 Å². The second-order valence-electron chi connectivity index (χ2n) is 4.96. The van der Waals surface area contributed by atoms with Crippen molar-refractivity contribution in [3.8, 4) is 0 Å². The summed E-state index contributed by atoms with van der Waals surface area (Å²) in [5, 5.41) is 0. The molecule has 0 bridgehead atoms. The minimum absolute atomic E-state index is 0.254. The van der Waals surface area contributed by atoms with Gasteiger partial charge in [0.2, 0.25) is 5.91 Å². The fourth-order valence-electron chi connectivity index (χ4n) is 2.50. The first kappa shape index (κ1) is 15.1. The van der Waals surface area contributed by atoms with Gasteiger partial charge in [-0.05, 0) is 32.3 Å². The van der Waals surface area contributed by atoms with Crippen molar-refractivity contribution >= 4 is 23.4 Å². The largest absolute Gasteiger partial charge is 0.462 e. The van der Waals surface area contributed by atoms with Crippen molar-refractivity contribution in [2.75, 3.05) is 23.8 Å². The van der Waals surface area contributed by atoms with Crippen LogP contribution in [0.25, 0.3) is 0 Å². The maximum atomic E-state index is 11.9. The number of piperidine rings is 1. The Kier molecular flexibility index (Phi) is 4.62. The van der Waals surface area contributed by atoms with Gasteiger partial charge in [0, 0.05) is 6.54 Å². The van der Waals surface area contributed by atoms with Crippen molar-refractivity contribution in [1.29, 1.82) is 0 Å². The van der Waals surface area contributed by atoms with Crippen molar-refractivity contribution in [1.82, 2.24) is 4.98 Å². The molecule has 1 aromatic rings. The van der Waals surface area contributed by atoms with Crippen LogP contribution < -0.4 is 16.4 Å². The fourth-order valence-corrected chi connectivity index (χ4v) is 2.50. The molecule has 0 saturated carbocycles. The van der Waals surface area contributed by atoms with Gasteiger partial charge in [-0.15, -0.1) is 0 Å². The van der Waals surface area contributed by atoms with E-state index in [1.54, 1.807) is 13.0 Å². The Morgan fingerprint density at radius 1 is 1.48 bits per heavy atom. The Balaban J connectivity index is 2.32. The highest BCUT2D eigenvalue weighted by Gasteiger charge is 2.28. The SMILES string of the molecule is CCOC(=O)c1cc(N2CCCCC2C(N)=O)ncc1N. The van der Waals surface area contributed by atoms with Crippen molar-refractivity contribution in [2.24, 2.45) is 5.73 Å². The monoisotopic (exact) mass is 292 g/mol. The highest BCUT2D eigenvalue weighted by molar-refractivity contribution is 5.96. The van der Waals surface area contributed by atoms with E-state index in [-0.39, 0.29) is 23.8 Å². The lowest BCUT2D eigenvalue weighted by molar-refractivity contribution is -0.119. The number of amides is 1. The highest BCUT2D eigenvalue weighted by Crippen LogP contribution is 2.25. The number of nitrogens with two attached hydrogens (primary N) is 2. The highest BCUT2D eigenvalue weighted by atomic mass is 16.5. The number of ether oxygens (including phenoxy) is 1. The number of nitrogens with zero attached hydrogens (tertiary/aromatic N) is 2. The first-order chi connectivity index (χ1) is 10.0. The number of primary amides is 1. The Morgan fingerprint density at radius 2 is 2.24 bits per heavy atom. The van der Waals surface area contributed by atoms with E-state index in [1.807, 2.05) is 4.90 Å². The maximum absolute atomic E-state index is 11.9. The first-order valence-electron chi connectivity index (χ1n) is 7.03. The Bertz CT molecular complexity index is 547. The second kappa shape index (κ2) is 6.43. The number of hydrogen-bond acceptors (Lipinski definition) is 6. The normalized spacial score (nSPS) is 18.3. The number of anilines is 2. The Hall–Kier alpha value is -2.31. The molecular formula is C14H20N4O3. The molecule has 2 heterocycles. The average molecular weight is 292 g/mol. The van der Waals surface area contributed by atoms with Gasteiger partial charge in [-0.2, -0.15) is 0 Å². The van der Waals surface area contributed by atoms with Gasteiger partial charge in [-0.3, -0.25) is 4.79 Å². The van der Waals surface area contributed by atoms with Crippen LogP contribution in [0.4, 0.5) is 11.5 Å². The molecule has 1 atom stereocenters. The van der Waals surface area contributed by atoms with Crippen LogP contribution in [-0.2, 0) is 9.53 Å². The van der Waals surface area contributed by atoms with Gasteiger partial charge in [-0.1, -0.05) is 0 Å². The Labute approximate surface area is 123 Å². The molecule has 7 nitrogen and oxygen atoms in total. The van der Waals surface area contributed by atoms with E-state index in [0.29, 0.717) is 18.8 Å². The van der Waals surface area contributed by atoms with Crippen molar-refractivity contribution in [3.63, 3.8) is 0 Å². The zero-order valence-electron chi connectivity index (χ0n) is 12.0. The predicted octanol–water partition coefficient (Wildman–Crippen LogP) is 0.685. The number of carbonyl (C=O) groups excluding carboxylic acids is 2. The molecule has 1 fully saturated rings. The molecule has 0 radical (unpaired) electrons. The molecule has 0 aliphatic carbocycles. The summed E-state index contributed by atoms with van der Waals surface area (Å²) in [7, 11) is 0. The number of hydrogen-bond donors (Lipinski definition) is 2. The second-order valence-corrected chi connectivity index (χ2v) is 4.96. The number of aromatic nitrogens is 1. The summed E-state index contributed by atoms with van der Waals surface area (Å²) < 4.78 is 4.97. The molecule has 1 aromatic heterocycles. The lowest BCUT2D eigenvalue weighted by Crippen LogP contribution is -2.48. The summed E-state index contributed by atoms with van der Waals surface area (Å²) in [6.07, 6.45) is 4.00. The zero-order chi connectivity index (χ0) is 15.4. The quantitative estimate of drug-likeness (QED) is 0.789. The van der Waals surface area contributed by atoms with Crippen LogP contribution >= 0.6 is 0 Å². The third-order valence-electron chi connectivity index (χ3n) is 3.54. The van der Waals surface area contributed by atoms with Crippen molar-refractivity contribution in [2.45, 2.75) is 32.2 Å². The molecule has 0 aromatic carbocycles. The zero-order valence-corrected chi connectivity index (χ0v) is 12.0. The van der Waals surface area contributed by atoms with Crippen LogP contribution in [-0.4, -0.2) is 36.1 Å².